The lowest BCUT2D eigenvalue weighted by atomic mass is 9.63. The molecule has 1 aliphatic heterocycles. The van der Waals surface area contributed by atoms with E-state index in [1.165, 1.54) is 4.90 Å². The summed E-state index contributed by atoms with van der Waals surface area (Å²) in [7, 11) is 0. The van der Waals surface area contributed by atoms with Crippen LogP contribution < -0.4 is 10.6 Å². The van der Waals surface area contributed by atoms with Crippen molar-refractivity contribution in [3.63, 3.8) is 0 Å². The Balaban J connectivity index is 1.41. The normalized spacial score (nSPS) is 26.3. The van der Waals surface area contributed by atoms with E-state index in [9.17, 15) is 14.4 Å². The Labute approximate surface area is 194 Å². The maximum Gasteiger partial charge on any atom is 0.320 e. The minimum Gasteiger partial charge on any atom is -0.317 e. The standard InChI is InChI=1S/C27H29N3O3/c1-16-8-13-21(17(2)14-16)28-27(33)29-22(15-18-6-4-3-5-7-18)30-25(31)23-19-9-10-20(12-11-19)24(23)26(30)32/h3-10,13-14,19-20,22-24H,11-12,15H2,1-2H3,(H2,28,29,33). The molecule has 6 nitrogen and oxygen atoms in total. The lowest BCUT2D eigenvalue weighted by Crippen LogP contribution is -2.53. The highest BCUT2D eigenvalue weighted by molar-refractivity contribution is 6.06. The van der Waals surface area contributed by atoms with E-state index in [0.29, 0.717) is 12.1 Å². The molecule has 33 heavy (non-hydrogen) atoms. The van der Waals surface area contributed by atoms with Crippen LogP contribution in [0.2, 0.25) is 0 Å². The van der Waals surface area contributed by atoms with Gasteiger partial charge < -0.3 is 10.6 Å². The molecule has 1 heterocycles. The average molecular weight is 444 g/mol. The summed E-state index contributed by atoms with van der Waals surface area (Å²) in [5.41, 5.74) is 3.71. The number of carbonyl (C=O) groups is 3. The van der Waals surface area contributed by atoms with Crippen LogP contribution in [-0.2, 0) is 16.0 Å². The van der Waals surface area contributed by atoms with E-state index < -0.39 is 12.2 Å². The second-order valence-electron chi connectivity index (χ2n) is 9.51. The highest BCUT2D eigenvalue weighted by Gasteiger charge is 2.58. The molecule has 6 rings (SSSR count). The summed E-state index contributed by atoms with van der Waals surface area (Å²) in [6.45, 7) is 3.93. The first-order valence-corrected chi connectivity index (χ1v) is 11.7. The van der Waals surface area contributed by atoms with Crippen molar-refractivity contribution < 1.29 is 14.4 Å². The zero-order chi connectivity index (χ0) is 23.1. The Kier molecular flexibility index (Phi) is 5.52. The fourth-order valence-corrected chi connectivity index (χ4v) is 5.71. The Morgan fingerprint density at radius 2 is 1.61 bits per heavy atom. The number of carbonyl (C=O) groups excluding carboxylic acids is 3. The van der Waals surface area contributed by atoms with Gasteiger partial charge in [0, 0.05) is 12.1 Å². The fourth-order valence-electron chi connectivity index (χ4n) is 5.71. The van der Waals surface area contributed by atoms with Crippen LogP contribution in [0, 0.1) is 37.5 Å². The Hall–Kier alpha value is -3.41. The molecule has 3 aliphatic carbocycles. The molecule has 0 spiro atoms. The van der Waals surface area contributed by atoms with Crippen molar-refractivity contribution in [2.45, 2.75) is 39.3 Å². The number of hydrogen-bond donors (Lipinski definition) is 2. The van der Waals surface area contributed by atoms with E-state index in [2.05, 4.69) is 22.8 Å². The van der Waals surface area contributed by atoms with Gasteiger partial charge in [-0.15, -0.1) is 0 Å². The third-order valence-electron chi connectivity index (χ3n) is 7.30. The Bertz CT molecular complexity index is 1090. The van der Waals surface area contributed by atoms with E-state index in [4.69, 9.17) is 0 Å². The number of anilines is 1. The zero-order valence-electron chi connectivity index (χ0n) is 19.0. The van der Waals surface area contributed by atoms with Gasteiger partial charge in [-0.3, -0.25) is 14.5 Å². The van der Waals surface area contributed by atoms with Crippen LogP contribution in [-0.4, -0.2) is 28.9 Å². The van der Waals surface area contributed by atoms with E-state index in [1.807, 2.05) is 62.4 Å². The largest absolute Gasteiger partial charge is 0.320 e. The van der Waals surface area contributed by atoms with Gasteiger partial charge >= 0.3 is 6.03 Å². The van der Waals surface area contributed by atoms with Crippen LogP contribution in [0.15, 0.2) is 60.7 Å². The van der Waals surface area contributed by atoms with Gasteiger partial charge in [0.15, 0.2) is 0 Å². The predicted octanol–water partition coefficient (Wildman–Crippen LogP) is 4.19. The molecule has 6 heteroatoms. The number of urea groups is 1. The van der Waals surface area contributed by atoms with Crippen molar-refractivity contribution in [2.75, 3.05) is 5.32 Å². The first kappa shape index (κ1) is 21.4. The molecule has 2 bridgehead atoms. The summed E-state index contributed by atoms with van der Waals surface area (Å²) in [5.74, 6) is -0.688. The predicted molar refractivity (Wildman–Crippen MR) is 126 cm³/mol. The molecule has 1 saturated carbocycles. The summed E-state index contributed by atoms with van der Waals surface area (Å²) in [4.78, 5) is 41.3. The zero-order valence-corrected chi connectivity index (χ0v) is 19.0. The molecular formula is C27H29N3O3. The van der Waals surface area contributed by atoms with Gasteiger partial charge in [-0.1, -0.05) is 60.2 Å². The third kappa shape index (κ3) is 3.94. The lowest BCUT2D eigenvalue weighted by Gasteiger charge is -2.38. The molecule has 4 amide bonds. The van der Waals surface area contributed by atoms with Gasteiger partial charge in [0.2, 0.25) is 11.8 Å². The number of rotatable bonds is 5. The van der Waals surface area contributed by atoms with Crippen LogP contribution in [0.3, 0.4) is 0 Å². The van der Waals surface area contributed by atoms with Crippen LogP contribution in [0.25, 0.3) is 0 Å². The summed E-state index contributed by atoms with van der Waals surface area (Å²) in [6, 6.07) is 15.0. The van der Waals surface area contributed by atoms with E-state index in [-0.39, 0.29) is 35.5 Å². The van der Waals surface area contributed by atoms with Gasteiger partial charge in [0.25, 0.3) is 0 Å². The summed E-state index contributed by atoms with van der Waals surface area (Å²) < 4.78 is 0. The van der Waals surface area contributed by atoms with E-state index >= 15 is 0 Å². The van der Waals surface area contributed by atoms with Crippen molar-refractivity contribution in [2.24, 2.45) is 23.7 Å². The summed E-state index contributed by atoms with van der Waals surface area (Å²) in [6.07, 6.45) is 5.72. The van der Waals surface area contributed by atoms with Gasteiger partial charge in [-0.25, -0.2) is 4.79 Å². The number of imide groups is 1. The molecule has 2 N–H and O–H groups in total. The van der Waals surface area contributed by atoms with Crippen LogP contribution >= 0.6 is 0 Å². The third-order valence-corrected chi connectivity index (χ3v) is 7.30. The highest BCUT2D eigenvalue weighted by atomic mass is 16.2. The molecule has 170 valence electrons. The van der Waals surface area contributed by atoms with Gasteiger partial charge in [0.05, 0.1) is 11.8 Å². The van der Waals surface area contributed by atoms with Gasteiger partial charge in [-0.05, 0) is 55.7 Å². The minimum absolute atomic E-state index is 0.114. The van der Waals surface area contributed by atoms with Crippen molar-refractivity contribution in [1.29, 1.82) is 0 Å². The SMILES string of the molecule is Cc1ccc(NC(=O)NC(Cc2ccccc2)N2C(=O)C3C4C=CC(CC4)C3C2=O)c(C)c1. The maximum absolute atomic E-state index is 13.5. The number of nitrogens with one attached hydrogen (secondary N) is 2. The minimum atomic E-state index is -0.747. The van der Waals surface area contributed by atoms with Crippen molar-refractivity contribution in [3.8, 4) is 0 Å². The molecule has 2 fully saturated rings. The fraction of sp³-hybridized carbons (Fsp3) is 0.370. The molecule has 2 aromatic rings. The molecule has 1 saturated heterocycles. The molecule has 5 unspecified atom stereocenters. The number of hydrogen-bond acceptors (Lipinski definition) is 3. The lowest BCUT2D eigenvalue weighted by molar-refractivity contribution is -0.143. The summed E-state index contributed by atoms with van der Waals surface area (Å²) in [5, 5.41) is 5.82. The van der Waals surface area contributed by atoms with Crippen molar-refractivity contribution >= 4 is 23.5 Å². The first-order valence-electron chi connectivity index (χ1n) is 11.7. The number of fused-ring (bicyclic) bond motifs is 1. The van der Waals surface area contributed by atoms with E-state index in [1.54, 1.807) is 0 Å². The first-order chi connectivity index (χ1) is 15.9. The molecule has 0 aromatic heterocycles. The number of aryl methyl sites for hydroxylation is 2. The summed E-state index contributed by atoms with van der Waals surface area (Å²) >= 11 is 0. The maximum atomic E-state index is 13.5. The second-order valence-corrected chi connectivity index (χ2v) is 9.51. The van der Waals surface area contributed by atoms with Crippen molar-refractivity contribution in [3.05, 3.63) is 77.4 Å². The number of nitrogens with zero attached hydrogens (tertiary/aromatic N) is 1. The van der Waals surface area contributed by atoms with Crippen LogP contribution in [0.5, 0.6) is 0 Å². The molecule has 4 aliphatic rings. The molecular weight excluding hydrogens is 414 g/mol. The topological polar surface area (TPSA) is 78.5 Å². The number of benzene rings is 2. The number of allylic oxidation sites excluding steroid dienone is 2. The smallest absolute Gasteiger partial charge is 0.317 e. The highest BCUT2D eigenvalue weighted by Crippen LogP contribution is 2.50. The molecule has 0 radical (unpaired) electrons. The van der Waals surface area contributed by atoms with Crippen molar-refractivity contribution in [1.82, 2.24) is 10.2 Å². The average Bonchev–Trinajstić information content (AvgIpc) is 3.09. The molecule has 5 atom stereocenters. The second kappa shape index (κ2) is 8.50. The van der Waals surface area contributed by atoms with E-state index in [0.717, 1.165) is 29.5 Å². The quantitative estimate of drug-likeness (QED) is 0.537. The van der Waals surface area contributed by atoms with Crippen LogP contribution in [0.1, 0.15) is 29.5 Å². The van der Waals surface area contributed by atoms with Gasteiger partial charge in [-0.2, -0.15) is 0 Å². The Morgan fingerprint density at radius 1 is 0.970 bits per heavy atom. The van der Waals surface area contributed by atoms with Crippen LogP contribution in [0.4, 0.5) is 10.5 Å². The Morgan fingerprint density at radius 3 is 2.18 bits per heavy atom. The molecule has 2 aromatic carbocycles. The number of likely N-dealkylation sites (tertiary alicyclic amines) is 1. The van der Waals surface area contributed by atoms with Gasteiger partial charge in [0.1, 0.15) is 6.17 Å². The monoisotopic (exact) mass is 443 g/mol. The number of amides is 4.